The van der Waals surface area contributed by atoms with Crippen molar-refractivity contribution in [1.82, 2.24) is 0 Å². The Labute approximate surface area is 68.2 Å². The van der Waals surface area contributed by atoms with Crippen LogP contribution in [0.4, 0.5) is 0 Å². The Balaban J connectivity index is 2.12. The molecule has 0 N–H and O–H groups in total. The summed E-state index contributed by atoms with van der Waals surface area (Å²) in [6, 6.07) is 0. The van der Waals surface area contributed by atoms with Crippen LogP contribution in [0.5, 0.6) is 0 Å². The van der Waals surface area contributed by atoms with Crippen molar-refractivity contribution in [3.8, 4) is 0 Å². The van der Waals surface area contributed by atoms with Gasteiger partial charge in [0.25, 0.3) is 0 Å². The van der Waals surface area contributed by atoms with Gasteiger partial charge in [-0.2, -0.15) is 0 Å². The van der Waals surface area contributed by atoms with Crippen molar-refractivity contribution in [2.45, 2.75) is 39.0 Å². The van der Waals surface area contributed by atoms with Gasteiger partial charge in [-0.15, -0.1) is 0 Å². The molecule has 1 unspecified atom stereocenters. The predicted octanol–water partition coefficient (Wildman–Crippen LogP) is 2.40. The Bertz CT molecular complexity index is 174. The van der Waals surface area contributed by atoms with Crippen LogP contribution in [0.3, 0.4) is 0 Å². The van der Waals surface area contributed by atoms with Gasteiger partial charge in [0.15, 0.2) is 0 Å². The minimum atomic E-state index is 0.471. The topological polar surface area (TPSA) is 17.1 Å². The molecule has 0 aromatic rings. The molecule has 2 aliphatic carbocycles. The van der Waals surface area contributed by atoms with E-state index in [-0.39, 0.29) is 0 Å². The van der Waals surface area contributed by atoms with E-state index in [0.717, 1.165) is 18.3 Å². The van der Waals surface area contributed by atoms with E-state index < -0.39 is 0 Å². The summed E-state index contributed by atoms with van der Waals surface area (Å²) in [6.45, 7) is 2.31. The van der Waals surface area contributed by atoms with Gasteiger partial charge in [-0.1, -0.05) is 19.8 Å². The van der Waals surface area contributed by atoms with Gasteiger partial charge < -0.3 is 0 Å². The highest BCUT2D eigenvalue weighted by atomic mass is 16.1. The molecule has 0 aromatic carbocycles. The summed E-state index contributed by atoms with van der Waals surface area (Å²) in [5.74, 6) is 2.61. The number of carbonyl (C=O) groups excluding carboxylic acids is 1. The van der Waals surface area contributed by atoms with Gasteiger partial charge in [0.05, 0.1) is 0 Å². The minimum absolute atomic E-state index is 0.471. The fourth-order valence-electron chi connectivity index (χ4n) is 2.86. The molecule has 1 nitrogen and oxygen atoms in total. The minimum Gasteiger partial charge on any atom is -0.299 e. The number of hydrogen-bond acceptors (Lipinski definition) is 1. The van der Waals surface area contributed by atoms with Crippen LogP contribution < -0.4 is 0 Å². The average Bonchev–Trinajstić information content (AvgIpc) is 2.35. The van der Waals surface area contributed by atoms with E-state index in [1.807, 2.05) is 0 Å². The van der Waals surface area contributed by atoms with Gasteiger partial charge in [-0.05, 0) is 24.7 Å². The third-order valence-electron chi connectivity index (χ3n) is 3.56. The van der Waals surface area contributed by atoms with Gasteiger partial charge in [-0.3, -0.25) is 4.79 Å². The van der Waals surface area contributed by atoms with Crippen molar-refractivity contribution in [1.29, 1.82) is 0 Å². The molecule has 2 rings (SSSR count). The lowest BCUT2D eigenvalue weighted by atomic mass is 9.75. The highest BCUT2D eigenvalue weighted by Crippen LogP contribution is 2.43. The highest BCUT2D eigenvalue weighted by molar-refractivity contribution is 5.83. The second kappa shape index (κ2) is 2.62. The maximum Gasteiger partial charge on any atom is 0.136 e. The molecule has 0 aliphatic heterocycles. The van der Waals surface area contributed by atoms with E-state index in [2.05, 4.69) is 6.92 Å². The fourth-order valence-corrected chi connectivity index (χ4v) is 2.86. The summed E-state index contributed by atoms with van der Waals surface area (Å²) in [6.07, 6.45) is 5.89. The zero-order chi connectivity index (χ0) is 7.84. The largest absolute Gasteiger partial charge is 0.299 e. The smallest absolute Gasteiger partial charge is 0.136 e. The van der Waals surface area contributed by atoms with Gasteiger partial charge >= 0.3 is 0 Å². The Morgan fingerprint density at radius 2 is 2.09 bits per heavy atom. The Morgan fingerprint density at radius 3 is 2.82 bits per heavy atom. The molecule has 0 radical (unpaired) electrons. The lowest BCUT2D eigenvalue weighted by Gasteiger charge is -2.30. The molecule has 0 saturated heterocycles. The molecule has 62 valence electrons. The lowest BCUT2D eigenvalue weighted by molar-refractivity contribution is -0.122. The standard InChI is InChI=1S/C10H16O/c1-7-3-2-4-9-8(7)5-6-10(9)11/h7-9H,2-6H2,1H3/t7?,8-,9+/m1/s1. The molecular weight excluding hydrogens is 136 g/mol. The maximum absolute atomic E-state index is 11.4. The van der Waals surface area contributed by atoms with Crippen molar-refractivity contribution < 1.29 is 4.79 Å². The van der Waals surface area contributed by atoms with Crippen molar-refractivity contribution in [2.75, 3.05) is 0 Å². The van der Waals surface area contributed by atoms with Crippen molar-refractivity contribution >= 4 is 5.78 Å². The second-order valence-corrected chi connectivity index (χ2v) is 4.18. The lowest BCUT2D eigenvalue weighted by Crippen LogP contribution is -2.25. The number of rotatable bonds is 0. The molecule has 0 heterocycles. The van der Waals surface area contributed by atoms with E-state index in [1.165, 1.54) is 25.7 Å². The van der Waals surface area contributed by atoms with Gasteiger partial charge in [0, 0.05) is 12.3 Å². The molecule has 1 heteroatoms. The molecule has 0 spiro atoms. The van der Waals surface area contributed by atoms with E-state index in [0.29, 0.717) is 11.7 Å². The van der Waals surface area contributed by atoms with Crippen molar-refractivity contribution in [3.63, 3.8) is 0 Å². The Kier molecular flexibility index (Phi) is 1.74. The fraction of sp³-hybridized carbons (Fsp3) is 0.900. The predicted molar refractivity (Wildman–Crippen MR) is 44.2 cm³/mol. The van der Waals surface area contributed by atoms with Crippen LogP contribution in [0.25, 0.3) is 0 Å². The monoisotopic (exact) mass is 152 g/mol. The summed E-state index contributed by atoms with van der Waals surface area (Å²) >= 11 is 0. The molecule has 0 bridgehead atoms. The molecule has 0 amide bonds. The van der Waals surface area contributed by atoms with E-state index in [9.17, 15) is 4.79 Å². The number of fused-ring (bicyclic) bond motifs is 1. The summed E-state index contributed by atoms with van der Waals surface area (Å²) in [4.78, 5) is 11.4. The number of Topliss-reactive ketones (excluding diaryl/α,β-unsaturated/α-hetero) is 1. The van der Waals surface area contributed by atoms with Crippen LogP contribution in [0, 0.1) is 17.8 Å². The van der Waals surface area contributed by atoms with Crippen LogP contribution in [0.2, 0.25) is 0 Å². The van der Waals surface area contributed by atoms with E-state index in [4.69, 9.17) is 0 Å². The summed E-state index contributed by atoms with van der Waals surface area (Å²) in [5, 5.41) is 0. The summed E-state index contributed by atoms with van der Waals surface area (Å²) in [7, 11) is 0. The number of ketones is 1. The second-order valence-electron chi connectivity index (χ2n) is 4.18. The highest BCUT2D eigenvalue weighted by Gasteiger charge is 2.39. The van der Waals surface area contributed by atoms with Crippen molar-refractivity contribution in [2.24, 2.45) is 17.8 Å². The van der Waals surface area contributed by atoms with Crippen LogP contribution in [-0.4, -0.2) is 5.78 Å². The van der Waals surface area contributed by atoms with Crippen LogP contribution in [0.1, 0.15) is 39.0 Å². The molecule has 2 fully saturated rings. The van der Waals surface area contributed by atoms with Gasteiger partial charge in [0.2, 0.25) is 0 Å². The average molecular weight is 152 g/mol. The van der Waals surface area contributed by atoms with Crippen LogP contribution in [0.15, 0.2) is 0 Å². The number of hydrogen-bond donors (Lipinski definition) is 0. The zero-order valence-corrected chi connectivity index (χ0v) is 7.18. The Morgan fingerprint density at radius 1 is 1.27 bits per heavy atom. The van der Waals surface area contributed by atoms with E-state index in [1.54, 1.807) is 0 Å². The SMILES string of the molecule is CC1CCC[C@@H]2C(=O)CC[C@H]12. The summed E-state index contributed by atoms with van der Waals surface area (Å²) in [5.41, 5.74) is 0. The first kappa shape index (κ1) is 7.33. The van der Waals surface area contributed by atoms with Gasteiger partial charge in [0.1, 0.15) is 5.78 Å². The summed E-state index contributed by atoms with van der Waals surface area (Å²) < 4.78 is 0. The van der Waals surface area contributed by atoms with E-state index >= 15 is 0 Å². The normalized spacial score (nSPS) is 44.1. The van der Waals surface area contributed by atoms with Crippen LogP contribution >= 0.6 is 0 Å². The van der Waals surface area contributed by atoms with Crippen LogP contribution in [-0.2, 0) is 4.79 Å². The molecule has 2 aliphatic rings. The zero-order valence-electron chi connectivity index (χ0n) is 7.18. The third-order valence-corrected chi connectivity index (χ3v) is 3.56. The molecule has 3 atom stereocenters. The Hall–Kier alpha value is -0.330. The quantitative estimate of drug-likeness (QED) is 0.521. The molecule has 11 heavy (non-hydrogen) atoms. The molecule has 0 aromatic heterocycles. The van der Waals surface area contributed by atoms with Gasteiger partial charge in [-0.25, -0.2) is 0 Å². The van der Waals surface area contributed by atoms with Crippen molar-refractivity contribution in [3.05, 3.63) is 0 Å². The maximum atomic E-state index is 11.4. The first-order chi connectivity index (χ1) is 5.29. The molecular formula is C10H16O. The first-order valence-corrected chi connectivity index (χ1v) is 4.82. The third kappa shape index (κ3) is 1.11. The molecule has 2 saturated carbocycles. The number of carbonyl (C=O) groups is 1. The first-order valence-electron chi connectivity index (χ1n) is 4.82.